The van der Waals surface area contributed by atoms with Crippen LogP contribution in [0.5, 0.6) is 17.2 Å². The lowest BCUT2D eigenvalue weighted by molar-refractivity contribution is 0.0806. The Balaban J connectivity index is 1.41. The molecule has 5 rings (SSSR count). The molecule has 0 spiro atoms. The van der Waals surface area contributed by atoms with Crippen molar-refractivity contribution in [3.05, 3.63) is 89.0 Å². The molecule has 2 heterocycles. The van der Waals surface area contributed by atoms with Gasteiger partial charge in [0.05, 0.1) is 0 Å². The van der Waals surface area contributed by atoms with Crippen molar-refractivity contribution < 1.29 is 23.4 Å². The van der Waals surface area contributed by atoms with Crippen molar-refractivity contribution in [3.8, 4) is 17.2 Å². The molecule has 1 saturated heterocycles. The number of phenolic OH excluding ortho intramolecular Hbond substituents is 1. The van der Waals surface area contributed by atoms with Crippen LogP contribution in [0.4, 0.5) is 8.78 Å². The quantitative estimate of drug-likeness (QED) is 0.424. The van der Waals surface area contributed by atoms with Crippen molar-refractivity contribution in [2.24, 2.45) is 5.92 Å². The Hall–Kier alpha value is -3.38. The highest BCUT2D eigenvalue weighted by Gasteiger charge is 2.31. The monoisotopic (exact) mass is 477 g/mol. The first-order chi connectivity index (χ1) is 16.9. The molecule has 182 valence electrons. The van der Waals surface area contributed by atoms with Crippen molar-refractivity contribution >= 4 is 11.1 Å². The van der Waals surface area contributed by atoms with Crippen LogP contribution in [0, 0.1) is 17.6 Å². The first kappa shape index (κ1) is 23.4. The third kappa shape index (κ3) is 4.63. The number of ether oxygens (including phenoxy) is 2. The lowest BCUT2D eigenvalue weighted by atomic mass is 9.86. The molecule has 3 aromatic rings. The lowest BCUT2D eigenvalue weighted by Gasteiger charge is -2.38. The van der Waals surface area contributed by atoms with E-state index in [0.29, 0.717) is 23.5 Å². The van der Waals surface area contributed by atoms with E-state index in [9.17, 15) is 13.9 Å². The zero-order chi connectivity index (χ0) is 24.5. The van der Waals surface area contributed by atoms with Crippen molar-refractivity contribution in [3.63, 3.8) is 0 Å². The van der Waals surface area contributed by atoms with Gasteiger partial charge in [0.25, 0.3) is 0 Å². The van der Waals surface area contributed by atoms with Crippen molar-refractivity contribution in [2.45, 2.75) is 26.4 Å². The second-order valence-corrected chi connectivity index (χ2v) is 9.27. The van der Waals surface area contributed by atoms with E-state index in [2.05, 4.69) is 11.8 Å². The average Bonchev–Trinajstić information content (AvgIpc) is 2.83. The van der Waals surface area contributed by atoms with Gasteiger partial charge in [0.1, 0.15) is 30.0 Å². The normalized spacial score (nSPS) is 18.1. The molecule has 0 radical (unpaired) electrons. The van der Waals surface area contributed by atoms with E-state index in [-0.39, 0.29) is 11.3 Å². The van der Waals surface area contributed by atoms with Gasteiger partial charge < -0.3 is 14.6 Å². The predicted molar refractivity (Wildman–Crippen MR) is 132 cm³/mol. The van der Waals surface area contributed by atoms with Crippen LogP contribution in [0.1, 0.15) is 43.1 Å². The Kier molecular flexibility index (Phi) is 6.48. The Morgan fingerprint density at radius 2 is 1.80 bits per heavy atom. The first-order valence-electron chi connectivity index (χ1n) is 12.0. The van der Waals surface area contributed by atoms with E-state index in [4.69, 9.17) is 9.47 Å². The highest BCUT2D eigenvalue weighted by molar-refractivity contribution is 5.95. The fourth-order valence-corrected chi connectivity index (χ4v) is 4.88. The number of hydrogen-bond donors (Lipinski definition) is 1. The van der Waals surface area contributed by atoms with E-state index in [0.717, 1.165) is 48.5 Å². The first-order valence-corrected chi connectivity index (χ1v) is 12.0. The predicted octanol–water partition coefficient (Wildman–Crippen LogP) is 6.46. The molecule has 3 aromatic carbocycles. The van der Waals surface area contributed by atoms with Crippen molar-refractivity contribution in [1.82, 2.24) is 4.90 Å². The summed E-state index contributed by atoms with van der Waals surface area (Å²) in [5, 5.41) is 10.00. The molecule has 0 amide bonds. The molecule has 4 nitrogen and oxygen atoms in total. The summed E-state index contributed by atoms with van der Waals surface area (Å²) < 4.78 is 41.3. The molecule has 35 heavy (non-hydrogen) atoms. The van der Waals surface area contributed by atoms with E-state index in [1.807, 2.05) is 31.2 Å². The number of rotatable bonds is 7. The number of aromatic hydroxyl groups is 1. The average molecular weight is 478 g/mol. The molecule has 0 aliphatic carbocycles. The molecule has 1 fully saturated rings. The number of hydrogen-bond acceptors (Lipinski definition) is 4. The maximum atomic E-state index is 14.9. The van der Waals surface area contributed by atoms with Gasteiger partial charge in [0, 0.05) is 36.3 Å². The molecular formula is C29H29F2NO3. The molecule has 0 aromatic heterocycles. The SMILES string of the molecule is CCC1CN(CCOc2ccc([C@H]3Oc4ccc(O)cc4C(C)=C3c3cccc(F)c3F)cc2)C1. The summed E-state index contributed by atoms with van der Waals surface area (Å²) in [7, 11) is 0. The summed E-state index contributed by atoms with van der Waals surface area (Å²) in [5.74, 6) is 0.379. The molecule has 2 aliphatic rings. The van der Waals surface area contributed by atoms with E-state index < -0.39 is 17.7 Å². The van der Waals surface area contributed by atoms with Gasteiger partial charge in [-0.1, -0.05) is 37.6 Å². The van der Waals surface area contributed by atoms with E-state index in [1.54, 1.807) is 24.3 Å². The minimum absolute atomic E-state index is 0.0779. The zero-order valence-electron chi connectivity index (χ0n) is 19.9. The third-order valence-corrected chi connectivity index (χ3v) is 6.99. The smallest absolute Gasteiger partial charge is 0.166 e. The van der Waals surface area contributed by atoms with E-state index in [1.165, 1.54) is 12.5 Å². The highest BCUT2D eigenvalue weighted by atomic mass is 19.2. The van der Waals surface area contributed by atoms with Crippen molar-refractivity contribution in [2.75, 3.05) is 26.2 Å². The molecule has 0 bridgehead atoms. The van der Waals surface area contributed by atoms with Crippen LogP contribution in [0.3, 0.4) is 0 Å². The van der Waals surface area contributed by atoms with E-state index >= 15 is 0 Å². The number of nitrogens with zero attached hydrogens (tertiary/aromatic N) is 1. The number of allylic oxidation sites excluding steroid dienone is 1. The van der Waals surface area contributed by atoms with Crippen LogP contribution in [0.2, 0.25) is 0 Å². The molecule has 0 unspecified atom stereocenters. The molecule has 6 heteroatoms. The van der Waals surface area contributed by atoms with Gasteiger partial charge >= 0.3 is 0 Å². The summed E-state index contributed by atoms with van der Waals surface area (Å²) in [6, 6.07) is 16.5. The minimum atomic E-state index is -0.921. The fraction of sp³-hybridized carbons (Fsp3) is 0.310. The van der Waals surface area contributed by atoms with Gasteiger partial charge in [-0.2, -0.15) is 0 Å². The Bertz CT molecular complexity index is 1250. The molecule has 0 saturated carbocycles. The van der Waals surface area contributed by atoms with Gasteiger partial charge in [-0.3, -0.25) is 4.90 Å². The third-order valence-electron chi connectivity index (χ3n) is 6.99. The number of halogens is 2. The maximum Gasteiger partial charge on any atom is 0.166 e. The number of phenols is 1. The van der Waals surface area contributed by atoms with Crippen LogP contribution in [0.15, 0.2) is 60.7 Å². The lowest BCUT2D eigenvalue weighted by Crippen LogP contribution is -2.47. The Morgan fingerprint density at radius 3 is 2.54 bits per heavy atom. The van der Waals surface area contributed by atoms with Gasteiger partial charge in [-0.15, -0.1) is 0 Å². The maximum absolute atomic E-state index is 14.9. The number of benzene rings is 3. The Labute approximate surface area is 204 Å². The van der Waals surface area contributed by atoms with Crippen LogP contribution in [-0.2, 0) is 0 Å². The summed E-state index contributed by atoms with van der Waals surface area (Å²) in [6.45, 7) is 7.86. The number of fused-ring (bicyclic) bond motifs is 1. The topological polar surface area (TPSA) is 41.9 Å². The van der Waals surface area contributed by atoms with Gasteiger partial charge in [0.2, 0.25) is 0 Å². The summed E-state index contributed by atoms with van der Waals surface area (Å²) in [5.41, 5.74) is 2.83. The molecule has 2 aliphatic heterocycles. The summed E-state index contributed by atoms with van der Waals surface area (Å²) in [6.07, 6.45) is 0.577. The molecular weight excluding hydrogens is 448 g/mol. The van der Waals surface area contributed by atoms with Gasteiger partial charge in [-0.05, 0) is 60.4 Å². The number of likely N-dealkylation sites (tertiary alicyclic amines) is 1. The van der Waals surface area contributed by atoms with Crippen LogP contribution >= 0.6 is 0 Å². The standard InChI is InChI=1S/C29H29F2NO3/c1-3-19-16-32(17-19)13-14-34-22-10-7-20(8-11-22)29-27(23-5-4-6-25(30)28(23)31)18(2)24-15-21(33)9-12-26(24)35-29/h4-12,15,19,29,33H,3,13-14,16-17H2,1-2H3/t29-/m1/s1. The molecule has 1 atom stereocenters. The van der Waals surface area contributed by atoms with Crippen LogP contribution in [0.25, 0.3) is 11.1 Å². The largest absolute Gasteiger partial charge is 0.508 e. The second-order valence-electron chi connectivity index (χ2n) is 9.27. The minimum Gasteiger partial charge on any atom is -0.508 e. The second kappa shape index (κ2) is 9.70. The fourth-order valence-electron chi connectivity index (χ4n) is 4.88. The Morgan fingerprint density at radius 1 is 1.03 bits per heavy atom. The summed E-state index contributed by atoms with van der Waals surface area (Å²) >= 11 is 0. The zero-order valence-corrected chi connectivity index (χ0v) is 19.9. The van der Waals surface area contributed by atoms with Crippen molar-refractivity contribution in [1.29, 1.82) is 0 Å². The highest BCUT2D eigenvalue weighted by Crippen LogP contribution is 2.48. The van der Waals surface area contributed by atoms with Gasteiger partial charge in [0.15, 0.2) is 11.6 Å². The van der Waals surface area contributed by atoms with Crippen LogP contribution in [-0.4, -0.2) is 36.2 Å². The van der Waals surface area contributed by atoms with Crippen LogP contribution < -0.4 is 9.47 Å². The summed E-state index contributed by atoms with van der Waals surface area (Å²) in [4.78, 5) is 2.39. The molecule has 1 N–H and O–H groups in total. The van der Waals surface area contributed by atoms with Gasteiger partial charge in [-0.25, -0.2) is 8.78 Å².